The predicted octanol–water partition coefficient (Wildman–Crippen LogP) is 3.67. The van der Waals surface area contributed by atoms with E-state index >= 15 is 0 Å². The number of nitrogens with zero attached hydrogens (tertiary/aromatic N) is 2. The number of benzene rings is 1. The molecule has 102 valence electrons. The van der Waals surface area contributed by atoms with Crippen molar-refractivity contribution >= 4 is 31.9 Å². The zero-order valence-corrected chi connectivity index (χ0v) is 13.7. The second-order valence-electron chi connectivity index (χ2n) is 4.39. The maximum absolute atomic E-state index is 13.3. The lowest BCUT2D eigenvalue weighted by molar-refractivity contribution is 0.175. The molecule has 0 saturated heterocycles. The van der Waals surface area contributed by atoms with Gasteiger partial charge in [-0.25, -0.2) is 4.39 Å². The van der Waals surface area contributed by atoms with E-state index < -0.39 is 6.10 Å². The maximum atomic E-state index is 13.3. The molecule has 2 aromatic rings. The molecule has 0 aliphatic carbocycles. The molecule has 1 atom stereocenters. The van der Waals surface area contributed by atoms with E-state index in [-0.39, 0.29) is 5.82 Å². The summed E-state index contributed by atoms with van der Waals surface area (Å²) in [7, 11) is 1.82. The van der Waals surface area contributed by atoms with Crippen molar-refractivity contribution in [3.05, 3.63) is 49.9 Å². The molecular formula is C13H13Br2FN2O. The monoisotopic (exact) mass is 390 g/mol. The third kappa shape index (κ3) is 3.24. The summed E-state index contributed by atoms with van der Waals surface area (Å²) in [6, 6.07) is 4.41. The summed E-state index contributed by atoms with van der Waals surface area (Å²) < 4.78 is 16.5. The highest BCUT2D eigenvalue weighted by molar-refractivity contribution is 9.10. The van der Waals surface area contributed by atoms with E-state index in [4.69, 9.17) is 0 Å². The van der Waals surface area contributed by atoms with Gasteiger partial charge in [0, 0.05) is 17.9 Å². The van der Waals surface area contributed by atoms with E-state index in [0.29, 0.717) is 16.5 Å². The summed E-state index contributed by atoms with van der Waals surface area (Å²) in [5.74, 6) is -0.372. The molecule has 0 aliphatic rings. The molecule has 1 unspecified atom stereocenters. The number of hydrogen-bond acceptors (Lipinski definition) is 2. The third-order valence-corrected chi connectivity index (χ3v) is 4.41. The van der Waals surface area contributed by atoms with E-state index in [1.807, 2.05) is 14.0 Å². The molecule has 6 heteroatoms. The summed E-state index contributed by atoms with van der Waals surface area (Å²) in [6.45, 7) is 1.89. The molecule has 19 heavy (non-hydrogen) atoms. The Hall–Kier alpha value is -0.720. The molecule has 0 fully saturated rings. The van der Waals surface area contributed by atoms with Crippen molar-refractivity contribution < 1.29 is 9.50 Å². The van der Waals surface area contributed by atoms with Crippen LogP contribution in [0.2, 0.25) is 0 Å². The fourth-order valence-electron chi connectivity index (χ4n) is 1.97. The highest BCUT2D eigenvalue weighted by atomic mass is 79.9. The molecule has 1 N–H and O–H groups in total. The van der Waals surface area contributed by atoms with Gasteiger partial charge >= 0.3 is 0 Å². The smallest absolute Gasteiger partial charge is 0.124 e. The second-order valence-corrected chi connectivity index (χ2v) is 6.10. The van der Waals surface area contributed by atoms with Crippen LogP contribution in [0.4, 0.5) is 4.39 Å². The average molecular weight is 392 g/mol. The summed E-state index contributed by atoms with van der Waals surface area (Å²) in [5.41, 5.74) is 2.29. The summed E-state index contributed by atoms with van der Waals surface area (Å²) >= 11 is 6.68. The van der Waals surface area contributed by atoms with Gasteiger partial charge < -0.3 is 5.11 Å². The molecule has 3 nitrogen and oxygen atoms in total. The summed E-state index contributed by atoms with van der Waals surface area (Å²) in [4.78, 5) is 0. The highest BCUT2D eigenvalue weighted by Crippen LogP contribution is 2.27. The van der Waals surface area contributed by atoms with Crippen LogP contribution in [0.15, 0.2) is 27.1 Å². The number of aliphatic hydroxyl groups is 1. The Morgan fingerprint density at radius 2 is 2.05 bits per heavy atom. The van der Waals surface area contributed by atoms with Gasteiger partial charge in [0.25, 0.3) is 0 Å². The number of hydrogen-bond donors (Lipinski definition) is 1. The highest BCUT2D eigenvalue weighted by Gasteiger charge is 2.17. The van der Waals surface area contributed by atoms with Gasteiger partial charge in [-0.1, -0.05) is 15.9 Å². The van der Waals surface area contributed by atoms with Crippen LogP contribution in [0.5, 0.6) is 0 Å². The molecule has 2 rings (SSSR count). The van der Waals surface area contributed by atoms with Gasteiger partial charge in [0.2, 0.25) is 0 Å². The lowest BCUT2D eigenvalue weighted by atomic mass is 10.0. The van der Waals surface area contributed by atoms with Gasteiger partial charge in [0.05, 0.1) is 22.0 Å². The predicted molar refractivity (Wildman–Crippen MR) is 78.4 cm³/mol. The number of aromatic nitrogens is 2. The summed E-state index contributed by atoms with van der Waals surface area (Å²) in [5, 5.41) is 14.5. The minimum Gasteiger partial charge on any atom is -0.388 e. The number of halogens is 3. The van der Waals surface area contributed by atoms with E-state index in [1.165, 1.54) is 12.1 Å². The normalized spacial score (nSPS) is 12.7. The molecule has 0 aliphatic heterocycles. The molecule has 0 amide bonds. The van der Waals surface area contributed by atoms with Crippen molar-refractivity contribution in [2.45, 2.75) is 19.4 Å². The van der Waals surface area contributed by atoms with Crippen molar-refractivity contribution in [3.63, 3.8) is 0 Å². The Kier molecular flexibility index (Phi) is 4.43. The summed E-state index contributed by atoms with van der Waals surface area (Å²) in [6.07, 6.45) is -0.411. The fraction of sp³-hybridized carbons (Fsp3) is 0.308. The lowest BCUT2D eigenvalue weighted by Gasteiger charge is -2.12. The maximum Gasteiger partial charge on any atom is 0.124 e. The van der Waals surface area contributed by atoms with Crippen molar-refractivity contribution in [2.24, 2.45) is 7.05 Å². The van der Waals surface area contributed by atoms with Crippen LogP contribution < -0.4 is 0 Å². The van der Waals surface area contributed by atoms with Gasteiger partial charge in [-0.3, -0.25) is 4.68 Å². The molecule has 0 spiro atoms. The number of aliphatic hydroxyl groups excluding tert-OH is 1. The van der Waals surface area contributed by atoms with E-state index in [9.17, 15) is 9.50 Å². The SMILES string of the molecule is Cc1nn(C)c(CC(O)c2cc(F)cc(Br)c2)c1Br. The first-order chi connectivity index (χ1) is 8.88. The second kappa shape index (κ2) is 5.73. The van der Waals surface area contributed by atoms with Crippen molar-refractivity contribution in [1.82, 2.24) is 9.78 Å². The Bertz CT molecular complexity index is 593. The first kappa shape index (κ1) is 14.7. The van der Waals surface area contributed by atoms with Gasteiger partial charge in [-0.05, 0) is 46.6 Å². The Labute approximate surface area is 127 Å². The van der Waals surface area contributed by atoms with Crippen LogP contribution >= 0.6 is 31.9 Å². The molecule has 1 aromatic carbocycles. The van der Waals surface area contributed by atoms with Gasteiger partial charge in [0.1, 0.15) is 5.82 Å². The van der Waals surface area contributed by atoms with Crippen LogP contribution in [-0.4, -0.2) is 14.9 Å². The largest absolute Gasteiger partial charge is 0.388 e. The quantitative estimate of drug-likeness (QED) is 0.866. The van der Waals surface area contributed by atoms with Gasteiger partial charge in [0.15, 0.2) is 0 Å². The van der Waals surface area contributed by atoms with E-state index in [1.54, 1.807) is 10.7 Å². The molecule has 0 bridgehead atoms. The first-order valence-corrected chi connectivity index (χ1v) is 7.29. The molecule has 1 heterocycles. The number of rotatable bonds is 3. The van der Waals surface area contributed by atoms with E-state index in [0.717, 1.165) is 15.9 Å². The average Bonchev–Trinajstić information content (AvgIpc) is 2.54. The number of aryl methyl sites for hydroxylation is 2. The molecule has 0 saturated carbocycles. The Morgan fingerprint density at radius 3 is 2.58 bits per heavy atom. The zero-order valence-electron chi connectivity index (χ0n) is 10.5. The van der Waals surface area contributed by atoms with Crippen molar-refractivity contribution in [2.75, 3.05) is 0 Å². The van der Waals surface area contributed by atoms with Crippen LogP contribution in [0, 0.1) is 12.7 Å². The van der Waals surface area contributed by atoms with Crippen LogP contribution in [-0.2, 0) is 13.5 Å². The van der Waals surface area contributed by atoms with Gasteiger partial charge in [-0.2, -0.15) is 5.10 Å². The minimum atomic E-state index is -0.780. The first-order valence-electron chi connectivity index (χ1n) is 5.70. The Balaban J connectivity index is 2.27. The molecule has 0 radical (unpaired) electrons. The van der Waals surface area contributed by atoms with Crippen molar-refractivity contribution in [1.29, 1.82) is 0 Å². The molecular weight excluding hydrogens is 379 g/mol. The van der Waals surface area contributed by atoms with Crippen LogP contribution in [0.1, 0.15) is 23.1 Å². The lowest BCUT2D eigenvalue weighted by Crippen LogP contribution is -2.07. The molecule has 1 aromatic heterocycles. The zero-order chi connectivity index (χ0) is 14.2. The standard InChI is InChI=1S/C13H13Br2FN2O/c1-7-13(15)11(18(2)17-7)6-12(19)8-3-9(14)5-10(16)4-8/h3-5,12,19H,6H2,1-2H3. The Morgan fingerprint density at radius 1 is 1.37 bits per heavy atom. The van der Waals surface area contributed by atoms with Gasteiger partial charge in [-0.15, -0.1) is 0 Å². The minimum absolute atomic E-state index is 0.369. The van der Waals surface area contributed by atoms with E-state index in [2.05, 4.69) is 37.0 Å². The van der Waals surface area contributed by atoms with Crippen LogP contribution in [0.25, 0.3) is 0 Å². The third-order valence-electron chi connectivity index (χ3n) is 2.92. The van der Waals surface area contributed by atoms with Crippen molar-refractivity contribution in [3.8, 4) is 0 Å². The fourth-order valence-corrected chi connectivity index (χ4v) is 2.95. The topological polar surface area (TPSA) is 38.0 Å². The van der Waals surface area contributed by atoms with Crippen LogP contribution in [0.3, 0.4) is 0 Å².